The number of halogens is 2. The molecule has 1 aliphatic rings. The molecular formula is C18H15ClFN3OS. The predicted molar refractivity (Wildman–Crippen MR) is 101 cm³/mol. The SMILES string of the molecule is CC1=C(C(=O)Nc2ccc(F)cc2)C(c2ccccc2Cl)NC(=S)N1. The minimum Gasteiger partial charge on any atom is -0.351 e. The molecule has 1 aliphatic heterocycles. The number of allylic oxidation sites excluding steroid dienone is 1. The molecule has 0 aromatic heterocycles. The van der Waals surface area contributed by atoms with Crippen molar-refractivity contribution in [1.82, 2.24) is 10.6 Å². The summed E-state index contributed by atoms with van der Waals surface area (Å²) in [5.74, 6) is -0.690. The number of carbonyl (C=O) groups is 1. The molecule has 7 heteroatoms. The van der Waals surface area contributed by atoms with Crippen molar-refractivity contribution in [3.8, 4) is 0 Å². The summed E-state index contributed by atoms with van der Waals surface area (Å²) >= 11 is 11.5. The predicted octanol–water partition coefficient (Wildman–Crippen LogP) is 3.91. The normalized spacial score (nSPS) is 16.9. The second-order valence-corrected chi connectivity index (χ2v) is 6.37. The van der Waals surface area contributed by atoms with E-state index in [-0.39, 0.29) is 11.7 Å². The monoisotopic (exact) mass is 375 g/mol. The molecule has 1 unspecified atom stereocenters. The minimum atomic E-state index is -0.483. The van der Waals surface area contributed by atoms with E-state index in [1.165, 1.54) is 24.3 Å². The zero-order valence-electron chi connectivity index (χ0n) is 13.3. The van der Waals surface area contributed by atoms with Gasteiger partial charge in [0.2, 0.25) is 0 Å². The fourth-order valence-electron chi connectivity index (χ4n) is 2.67. The average Bonchev–Trinajstić information content (AvgIpc) is 2.56. The summed E-state index contributed by atoms with van der Waals surface area (Å²) in [6, 6.07) is 12.4. The van der Waals surface area contributed by atoms with Crippen LogP contribution in [0, 0.1) is 5.82 Å². The number of hydrogen-bond acceptors (Lipinski definition) is 2. The van der Waals surface area contributed by atoms with Crippen LogP contribution in [-0.4, -0.2) is 11.0 Å². The summed E-state index contributed by atoms with van der Waals surface area (Å²) in [6.07, 6.45) is 0. The largest absolute Gasteiger partial charge is 0.351 e. The Labute approximate surface area is 155 Å². The fraction of sp³-hybridized carbons (Fsp3) is 0.111. The lowest BCUT2D eigenvalue weighted by Crippen LogP contribution is -2.45. The molecule has 0 fully saturated rings. The molecule has 3 rings (SSSR count). The maximum absolute atomic E-state index is 13.0. The first-order valence-electron chi connectivity index (χ1n) is 7.55. The van der Waals surface area contributed by atoms with Crippen LogP contribution < -0.4 is 16.0 Å². The van der Waals surface area contributed by atoms with Gasteiger partial charge in [-0.3, -0.25) is 4.79 Å². The van der Waals surface area contributed by atoms with E-state index in [0.717, 1.165) is 5.56 Å². The van der Waals surface area contributed by atoms with Crippen molar-refractivity contribution >= 4 is 40.5 Å². The van der Waals surface area contributed by atoms with Crippen LogP contribution in [0.25, 0.3) is 0 Å². The van der Waals surface area contributed by atoms with Gasteiger partial charge in [0.1, 0.15) is 5.82 Å². The van der Waals surface area contributed by atoms with Crippen molar-refractivity contribution in [2.45, 2.75) is 13.0 Å². The zero-order valence-corrected chi connectivity index (χ0v) is 14.8. The molecule has 4 nitrogen and oxygen atoms in total. The van der Waals surface area contributed by atoms with Crippen LogP contribution in [0.4, 0.5) is 10.1 Å². The van der Waals surface area contributed by atoms with E-state index >= 15 is 0 Å². The summed E-state index contributed by atoms with van der Waals surface area (Å²) in [5.41, 5.74) is 2.34. The van der Waals surface area contributed by atoms with Crippen LogP contribution in [-0.2, 0) is 4.79 Å². The molecule has 0 bridgehead atoms. The quantitative estimate of drug-likeness (QED) is 0.712. The number of anilines is 1. The van der Waals surface area contributed by atoms with Gasteiger partial charge in [-0.15, -0.1) is 0 Å². The van der Waals surface area contributed by atoms with Gasteiger partial charge in [-0.1, -0.05) is 29.8 Å². The molecule has 1 amide bonds. The van der Waals surface area contributed by atoms with Crippen molar-refractivity contribution in [1.29, 1.82) is 0 Å². The molecule has 3 N–H and O–H groups in total. The van der Waals surface area contributed by atoms with Gasteiger partial charge in [-0.25, -0.2) is 4.39 Å². The maximum atomic E-state index is 13.0. The first-order chi connectivity index (χ1) is 12.0. The van der Waals surface area contributed by atoms with E-state index in [1.807, 2.05) is 18.2 Å². The van der Waals surface area contributed by atoms with Crippen molar-refractivity contribution in [2.75, 3.05) is 5.32 Å². The van der Waals surface area contributed by atoms with Gasteiger partial charge < -0.3 is 16.0 Å². The lowest BCUT2D eigenvalue weighted by Gasteiger charge is -2.30. The van der Waals surface area contributed by atoms with Gasteiger partial charge in [0.05, 0.1) is 11.6 Å². The standard InChI is InChI=1S/C18H15ClFN3OS/c1-10-15(17(24)22-12-8-6-11(20)7-9-12)16(23-18(25)21-10)13-4-2-3-5-14(13)19/h2-9,16H,1H3,(H,22,24)(H2,21,23,25). The van der Waals surface area contributed by atoms with E-state index < -0.39 is 6.04 Å². The lowest BCUT2D eigenvalue weighted by atomic mass is 9.95. The highest BCUT2D eigenvalue weighted by molar-refractivity contribution is 7.80. The Morgan fingerprint density at radius 3 is 2.56 bits per heavy atom. The highest BCUT2D eigenvalue weighted by Gasteiger charge is 2.31. The van der Waals surface area contributed by atoms with Crippen molar-refractivity contribution < 1.29 is 9.18 Å². The average molecular weight is 376 g/mol. The Morgan fingerprint density at radius 2 is 1.88 bits per heavy atom. The molecule has 25 heavy (non-hydrogen) atoms. The summed E-state index contributed by atoms with van der Waals surface area (Å²) < 4.78 is 13.0. The molecule has 0 saturated heterocycles. The van der Waals surface area contributed by atoms with Crippen molar-refractivity contribution in [3.63, 3.8) is 0 Å². The van der Waals surface area contributed by atoms with Gasteiger partial charge in [-0.05, 0) is 55.0 Å². The van der Waals surface area contributed by atoms with Gasteiger partial charge in [0.15, 0.2) is 5.11 Å². The Hall–Kier alpha value is -2.44. The molecule has 1 atom stereocenters. The molecule has 0 spiro atoms. The molecule has 0 saturated carbocycles. The number of hydrogen-bond donors (Lipinski definition) is 3. The van der Waals surface area contributed by atoms with Crippen LogP contribution in [0.5, 0.6) is 0 Å². The molecular weight excluding hydrogens is 361 g/mol. The smallest absolute Gasteiger partial charge is 0.255 e. The number of carbonyl (C=O) groups excluding carboxylic acids is 1. The number of nitrogens with one attached hydrogen (secondary N) is 3. The Balaban J connectivity index is 1.96. The molecule has 1 heterocycles. The van der Waals surface area contributed by atoms with Crippen LogP contribution >= 0.6 is 23.8 Å². The maximum Gasteiger partial charge on any atom is 0.255 e. The lowest BCUT2D eigenvalue weighted by molar-refractivity contribution is -0.113. The zero-order chi connectivity index (χ0) is 18.0. The third-order valence-electron chi connectivity index (χ3n) is 3.83. The molecule has 0 aliphatic carbocycles. The van der Waals surface area contributed by atoms with Gasteiger partial charge >= 0.3 is 0 Å². The van der Waals surface area contributed by atoms with Crippen molar-refractivity contribution in [3.05, 3.63) is 76.2 Å². The van der Waals surface area contributed by atoms with Crippen molar-refractivity contribution in [2.24, 2.45) is 0 Å². The molecule has 128 valence electrons. The number of amides is 1. The van der Waals surface area contributed by atoms with Gasteiger partial charge in [-0.2, -0.15) is 0 Å². The molecule has 2 aromatic carbocycles. The number of thiocarbonyl (C=S) groups is 1. The Morgan fingerprint density at radius 1 is 1.20 bits per heavy atom. The summed E-state index contributed by atoms with van der Waals surface area (Å²) in [7, 11) is 0. The number of rotatable bonds is 3. The summed E-state index contributed by atoms with van der Waals surface area (Å²) in [6.45, 7) is 1.77. The highest BCUT2D eigenvalue weighted by atomic mass is 35.5. The first kappa shape index (κ1) is 17.4. The van der Waals surface area contributed by atoms with E-state index in [0.29, 0.717) is 27.1 Å². The first-order valence-corrected chi connectivity index (χ1v) is 8.34. The molecule has 0 radical (unpaired) electrons. The summed E-state index contributed by atoms with van der Waals surface area (Å²) in [5, 5.41) is 9.77. The van der Waals surface area contributed by atoms with E-state index in [4.69, 9.17) is 23.8 Å². The van der Waals surface area contributed by atoms with E-state index in [1.54, 1.807) is 13.0 Å². The highest BCUT2D eigenvalue weighted by Crippen LogP contribution is 2.32. The van der Waals surface area contributed by atoms with Gasteiger partial charge in [0, 0.05) is 16.4 Å². The van der Waals surface area contributed by atoms with Crippen LogP contribution in [0.1, 0.15) is 18.5 Å². The van der Waals surface area contributed by atoms with E-state index in [2.05, 4.69) is 16.0 Å². The minimum absolute atomic E-state index is 0.323. The second kappa shape index (κ2) is 7.21. The topological polar surface area (TPSA) is 53.2 Å². The van der Waals surface area contributed by atoms with Gasteiger partial charge in [0.25, 0.3) is 5.91 Å². The Kier molecular flexibility index (Phi) is 5.01. The van der Waals surface area contributed by atoms with E-state index in [9.17, 15) is 9.18 Å². The Bertz CT molecular complexity index is 867. The fourth-order valence-corrected chi connectivity index (χ4v) is 3.18. The van der Waals surface area contributed by atoms with Crippen LogP contribution in [0.3, 0.4) is 0 Å². The third-order valence-corrected chi connectivity index (χ3v) is 4.40. The summed E-state index contributed by atoms with van der Waals surface area (Å²) in [4.78, 5) is 12.8. The molecule has 2 aromatic rings. The third kappa shape index (κ3) is 3.81. The van der Waals surface area contributed by atoms with Crippen LogP contribution in [0.15, 0.2) is 59.8 Å². The second-order valence-electron chi connectivity index (χ2n) is 5.55. The van der Waals surface area contributed by atoms with Crippen LogP contribution in [0.2, 0.25) is 5.02 Å². The number of benzene rings is 2.